The lowest BCUT2D eigenvalue weighted by atomic mass is 10.2. The zero-order valence-corrected chi connectivity index (χ0v) is 12.5. The van der Waals surface area contributed by atoms with Gasteiger partial charge in [0.15, 0.2) is 12.4 Å². The van der Waals surface area contributed by atoms with E-state index >= 15 is 0 Å². The Bertz CT molecular complexity index is 505. The van der Waals surface area contributed by atoms with Crippen LogP contribution >= 0.6 is 0 Å². The largest absolute Gasteiger partial charge is 0.477 e. The quantitative estimate of drug-likeness (QED) is 0.561. The van der Waals surface area contributed by atoms with Gasteiger partial charge in [0.2, 0.25) is 0 Å². The Morgan fingerprint density at radius 1 is 1.48 bits per heavy atom. The second-order valence-electron chi connectivity index (χ2n) is 4.76. The van der Waals surface area contributed by atoms with Gasteiger partial charge in [-0.1, -0.05) is 13.0 Å². The lowest BCUT2D eigenvalue weighted by Gasteiger charge is -2.12. The zero-order valence-electron chi connectivity index (χ0n) is 12.5. The van der Waals surface area contributed by atoms with E-state index < -0.39 is 4.92 Å². The van der Waals surface area contributed by atoms with E-state index in [1.807, 2.05) is 13.8 Å². The van der Waals surface area contributed by atoms with Crippen LogP contribution in [0.15, 0.2) is 18.2 Å². The molecule has 0 bridgehead atoms. The van der Waals surface area contributed by atoms with E-state index in [1.54, 1.807) is 13.1 Å². The molecule has 2 N–H and O–H groups in total. The molecule has 0 aromatic heterocycles. The summed E-state index contributed by atoms with van der Waals surface area (Å²) in [6, 6.07) is 4.74. The first-order valence-electron chi connectivity index (χ1n) is 6.82. The van der Waals surface area contributed by atoms with E-state index in [4.69, 9.17) is 4.74 Å². The van der Waals surface area contributed by atoms with Crippen LogP contribution in [0.3, 0.4) is 0 Å². The number of hydrogen-bond acceptors (Lipinski definition) is 5. The Kier molecular flexibility index (Phi) is 6.61. The molecule has 0 aliphatic rings. The summed E-state index contributed by atoms with van der Waals surface area (Å²) in [6.45, 7) is 4.12. The van der Waals surface area contributed by atoms with Crippen molar-refractivity contribution in [2.75, 3.05) is 13.7 Å². The third-order valence-electron chi connectivity index (χ3n) is 2.98. The molecule has 0 saturated heterocycles. The first-order valence-corrected chi connectivity index (χ1v) is 6.82. The van der Waals surface area contributed by atoms with Crippen LogP contribution in [0.25, 0.3) is 0 Å². The predicted octanol–water partition coefficient (Wildman–Crippen LogP) is 1.61. The highest BCUT2D eigenvalue weighted by Crippen LogP contribution is 2.27. The van der Waals surface area contributed by atoms with Crippen molar-refractivity contribution >= 4 is 11.6 Å². The van der Waals surface area contributed by atoms with Gasteiger partial charge in [-0.15, -0.1) is 0 Å². The molecule has 7 heteroatoms. The van der Waals surface area contributed by atoms with Gasteiger partial charge >= 0.3 is 5.69 Å². The number of amides is 1. The third kappa shape index (κ3) is 5.39. The van der Waals surface area contributed by atoms with Gasteiger partial charge < -0.3 is 15.4 Å². The maximum Gasteiger partial charge on any atom is 0.311 e. The number of nitrogens with zero attached hydrogens (tertiary/aromatic N) is 1. The van der Waals surface area contributed by atoms with E-state index in [0.29, 0.717) is 6.54 Å². The monoisotopic (exact) mass is 295 g/mol. The molecule has 1 amide bonds. The lowest BCUT2D eigenvalue weighted by molar-refractivity contribution is -0.385. The van der Waals surface area contributed by atoms with Crippen molar-refractivity contribution in [2.45, 2.75) is 32.9 Å². The first-order chi connectivity index (χ1) is 9.97. The minimum Gasteiger partial charge on any atom is -0.477 e. The molecule has 1 rings (SSSR count). The van der Waals surface area contributed by atoms with Gasteiger partial charge in [0.05, 0.1) is 4.92 Å². The van der Waals surface area contributed by atoms with Crippen molar-refractivity contribution in [3.05, 3.63) is 33.9 Å². The molecule has 0 heterocycles. The van der Waals surface area contributed by atoms with Crippen LogP contribution in [-0.2, 0) is 11.3 Å². The number of benzene rings is 1. The minimum absolute atomic E-state index is 0.0501. The van der Waals surface area contributed by atoms with Crippen molar-refractivity contribution in [1.29, 1.82) is 0 Å². The molecule has 7 nitrogen and oxygen atoms in total. The second kappa shape index (κ2) is 8.21. The van der Waals surface area contributed by atoms with Gasteiger partial charge in [-0.25, -0.2) is 0 Å². The van der Waals surface area contributed by atoms with E-state index in [2.05, 4.69) is 10.6 Å². The van der Waals surface area contributed by atoms with Gasteiger partial charge in [0.25, 0.3) is 5.91 Å². The van der Waals surface area contributed by atoms with Crippen molar-refractivity contribution in [1.82, 2.24) is 10.6 Å². The highest BCUT2D eigenvalue weighted by molar-refractivity contribution is 5.77. The highest BCUT2D eigenvalue weighted by atomic mass is 16.6. The van der Waals surface area contributed by atoms with Crippen LogP contribution in [-0.4, -0.2) is 30.5 Å². The molecular formula is C14H21N3O4. The Balaban J connectivity index is 2.74. The van der Waals surface area contributed by atoms with Crippen LogP contribution in [0, 0.1) is 10.1 Å². The third-order valence-corrected chi connectivity index (χ3v) is 2.98. The van der Waals surface area contributed by atoms with E-state index in [1.165, 1.54) is 12.1 Å². The fraction of sp³-hybridized carbons (Fsp3) is 0.500. The van der Waals surface area contributed by atoms with E-state index in [0.717, 1.165) is 12.0 Å². The predicted molar refractivity (Wildman–Crippen MR) is 79.3 cm³/mol. The number of ether oxygens (including phenoxy) is 1. The normalized spacial score (nSPS) is 11.8. The van der Waals surface area contributed by atoms with Crippen LogP contribution in [0.5, 0.6) is 5.75 Å². The summed E-state index contributed by atoms with van der Waals surface area (Å²) in [5.74, 6) is -0.197. The molecule has 0 radical (unpaired) electrons. The maximum absolute atomic E-state index is 11.6. The van der Waals surface area contributed by atoms with Gasteiger partial charge in [-0.3, -0.25) is 14.9 Å². The molecule has 1 atom stereocenters. The summed E-state index contributed by atoms with van der Waals surface area (Å²) in [4.78, 5) is 22.2. The van der Waals surface area contributed by atoms with Gasteiger partial charge in [-0.2, -0.15) is 0 Å². The summed E-state index contributed by atoms with van der Waals surface area (Å²) in [5, 5.41) is 16.7. The number of nitrogens with one attached hydrogen (secondary N) is 2. The standard InChI is InChI=1S/C14H21N3O4/c1-4-10(2)16-14(18)9-21-13-6-5-11(8-15-3)7-12(13)17(19)20/h5-7,10,15H,4,8-9H2,1-3H3,(H,16,18). The smallest absolute Gasteiger partial charge is 0.311 e. The number of nitro groups is 1. The second-order valence-corrected chi connectivity index (χ2v) is 4.76. The van der Waals surface area contributed by atoms with Crippen LogP contribution < -0.4 is 15.4 Å². The van der Waals surface area contributed by atoms with Crippen LogP contribution in [0.2, 0.25) is 0 Å². The van der Waals surface area contributed by atoms with Crippen LogP contribution in [0.1, 0.15) is 25.8 Å². The van der Waals surface area contributed by atoms with Gasteiger partial charge in [0.1, 0.15) is 0 Å². The summed E-state index contributed by atoms with van der Waals surface area (Å²) in [5.41, 5.74) is 0.639. The van der Waals surface area contributed by atoms with Crippen molar-refractivity contribution in [3.8, 4) is 5.75 Å². The number of carbonyl (C=O) groups is 1. The molecule has 0 aliphatic carbocycles. The number of carbonyl (C=O) groups excluding carboxylic acids is 1. The maximum atomic E-state index is 11.6. The molecular weight excluding hydrogens is 274 g/mol. The fourth-order valence-corrected chi connectivity index (χ4v) is 1.70. The van der Waals surface area contributed by atoms with E-state index in [-0.39, 0.29) is 30.0 Å². The Labute approximate surface area is 123 Å². The number of hydrogen-bond donors (Lipinski definition) is 2. The summed E-state index contributed by atoms with van der Waals surface area (Å²) in [6.07, 6.45) is 0.810. The van der Waals surface area contributed by atoms with Crippen molar-refractivity contribution < 1.29 is 14.5 Å². The molecule has 1 aromatic rings. The zero-order chi connectivity index (χ0) is 15.8. The summed E-state index contributed by atoms with van der Waals surface area (Å²) < 4.78 is 5.26. The Hall–Kier alpha value is -2.15. The molecule has 0 fully saturated rings. The molecule has 116 valence electrons. The Morgan fingerprint density at radius 3 is 2.76 bits per heavy atom. The molecule has 1 unspecified atom stereocenters. The minimum atomic E-state index is -0.513. The fourth-order valence-electron chi connectivity index (χ4n) is 1.70. The first kappa shape index (κ1) is 16.9. The Morgan fingerprint density at radius 2 is 2.19 bits per heavy atom. The van der Waals surface area contributed by atoms with E-state index in [9.17, 15) is 14.9 Å². The van der Waals surface area contributed by atoms with Gasteiger partial charge in [0, 0.05) is 18.7 Å². The number of nitro benzene ring substituents is 1. The highest BCUT2D eigenvalue weighted by Gasteiger charge is 2.17. The van der Waals surface area contributed by atoms with Crippen molar-refractivity contribution in [2.24, 2.45) is 0 Å². The molecule has 0 saturated carbocycles. The molecule has 21 heavy (non-hydrogen) atoms. The van der Waals surface area contributed by atoms with Gasteiger partial charge in [-0.05, 0) is 32.0 Å². The summed E-state index contributed by atoms with van der Waals surface area (Å²) >= 11 is 0. The molecule has 0 aliphatic heterocycles. The average Bonchev–Trinajstić information content (AvgIpc) is 2.45. The summed E-state index contributed by atoms with van der Waals surface area (Å²) in [7, 11) is 1.76. The molecule has 1 aromatic carbocycles. The number of rotatable bonds is 8. The van der Waals surface area contributed by atoms with Crippen LogP contribution in [0.4, 0.5) is 5.69 Å². The lowest BCUT2D eigenvalue weighted by Crippen LogP contribution is -2.35. The average molecular weight is 295 g/mol. The SMILES string of the molecule is CCC(C)NC(=O)COc1ccc(CNC)cc1[N+](=O)[O-]. The van der Waals surface area contributed by atoms with Crippen molar-refractivity contribution in [3.63, 3.8) is 0 Å². The topological polar surface area (TPSA) is 93.5 Å². The molecule has 0 spiro atoms.